The van der Waals surface area contributed by atoms with Gasteiger partial charge in [-0.2, -0.15) is 0 Å². The van der Waals surface area contributed by atoms with E-state index in [0.29, 0.717) is 12.6 Å². The molecule has 1 saturated heterocycles. The van der Waals surface area contributed by atoms with E-state index < -0.39 is 0 Å². The second-order valence-electron chi connectivity index (χ2n) is 7.47. The first kappa shape index (κ1) is 16.0. The molecule has 0 radical (unpaired) electrons. The lowest BCUT2D eigenvalue weighted by Gasteiger charge is -2.48. The molecule has 0 spiro atoms. The standard InChI is InChI=1S/C19H28N2/c1-16(17-9-7-6-8-10-17)21-13-11-19(12-14-21,15-20-5)18(2,3)4/h6-10,16H,11-15H2,1-4H3. The molecule has 1 aromatic rings. The summed E-state index contributed by atoms with van der Waals surface area (Å²) >= 11 is 0. The van der Waals surface area contributed by atoms with Gasteiger partial charge in [0.2, 0.25) is 6.54 Å². The molecule has 21 heavy (non-hydrogen) atoms. The van der Waals surface area contributed by atoms with Crippen LogP contribution >= 0.6 is 0 Å². The van der Waals surface area contributed by atoms with Crippen LogP contribution in [0.2, 0.25) is 0 Å². The highest BCUT2D eigenvalue weighted by molar-refractivity contribution is 5.18. The first-order chi connectivity index (χ1) is 9.89. The van der Waals surface area contributed by atoms with Gasteiger partial charge in [0, 0.05) is 11.5 Å². The highest BCUT2D eigenvalue weighted by Crippen LogP contribution is 2.48. The second kappa shape index (κ2) is 6.20. The van der Waals surface area contributed by atoms with Gasteiger partial charge in [0.05, 0.1) is 0 Å². The summed E-state index contributed by atoms with van der Waals surface area (Å²) in [4.78, 5) is 6.33. The molecule has 0 saturated carbocycles. The molecule has 0 amide bonds. The van der Waals surface area contributed by atoms with Crippen LogP contribution in [0.3, 0.4) is 0 Å². The number of rotatable bonds is 3. The van der Waals surface area contributed by atoms with Gasteiger partial charge in [-0.1, -0.05) is 51.1 Å². The predicted molar refractivity (Wildman–Crippen MR) is 89.0 cm³/mol. The van der Waals surface area contributed by atoms with Crippen LogP contribution in [0, 0.1) is 17.4 Å². The number of piperidine rings is 1. The maximum absolute atomic E-state index is 7.32. The Kier molecular flexibility index (Phi) is 4.74. The maximum atomic E-state index is 7.32. The Hall–Kier alpha value is -1.33. The zero-order valence-electron chi connectivity index (χ0n) is 13.9. The SMILES string of the molecule is [C-]#[N+]CC1(C(C)(C)C)CCN(C(C)c2ccccc2)CC1. The minimum absolute atomic E-state index is 0.182. The molecule has 1 heterocycles. The average Bonchev–Trinajstić information content (AvgIpc) is 2.47. The van der Waals surface area contributed by atoms with Crippen LogP contribution in [-0.4, -0.2) is 24.5 Å². The van der Waals surface area contributed by atoms with E-state index in [1.807, 2.05) is 0 Å². The fourth-order valence-corrected chi connectivity index (χ4v) is 3.58. The fraction of sp³-hybridized carbons (Fsp3) is 0.632. The van der Waals surface area contributed by atoms with Gasteiger partial charge < -0.3 is 4.85 Å². The normalized spacial score (nSPS) is 20.7. The van der Waals surface area contributed by atoms with Crippen molar-refractivity contribution in [2.75, 3.05) is 19.6 Å². The van der Waals surface area contributed by atoms with Crippen LogP contribution in [0.15, 0.2) is 30.3 Å². The Morgan fingerprint density at radius 1 is 1.19 bits per heavy atom. The van der Waals surface area contributed by atoms with Gasteiger partial charge in [0.1, 0.15) is 0 Å². The summed E-state index contributed by atoms with van der Waals surface area (Å²) < 4.78 is 0. The van der Waals surface area contributed by atoms with Gasteiger partial charge in [-0.25, -0.2) is 6.57 Å². The highest BCUT2D eigenvalue weighted by Gasteiger charge is 2.47. The smallest absolute Gasteiger partial charge is 0.220 e. The van der Waals surface area contributed by atoms with E-state index in [9.17, 15) is 0 Å². The molecule has 0 N–H and O–H groups in total. The Morgan fingerprint density at radius 2 is 1.76 bits per heavy atom. The maximum Gasteiger partial charge on any atom is 0.220 e. The summed E-state index contributed by atoms with van der Waals surface area (Å²) in [5.74, 6) is 0. The van der Waals surface area contributed by atoms with Crippen molar-refractivity contribution >= 4 is 0 Å². The quantitative estimate of drug-likeness (QED) is 0.724. The highest BCUT2D eigenvalue weighted by atomic mass is 15.2. The van der Waals surface area contributed by atoms with Gasteiger partial charge in [0.25, 0.3) is 0 Å². The molecule has 1 aliphatic heterocycles. The van der Waals surface area contributed by atoms with E-state index >= 15 is 0 Å². The summed E-state index contributed by atoms with van der Waals surface area (Å²) in [6.07, 6.45) is 2.27. The molecule has 114 valence electrons. The zero-order chi connectivity index (χ0) is 15.5. The van der Waals surface area contributed by atoms with Crippen LogP contribution < -0.4 is 0 Å². The molecule has 2 rings (SSSR count). The first-order valence-electron chi connectivity index (χ1n) is 8.02. The van der Waals surface area contributed by atoms with Gasteiger partial charge >= 0.3 is 0 Å². The van der Waals surface area contributed by atoms with Crippen molar-refractivity contribution in [1.29, 1.82) is 0 Å². The second-order valence-corrected chi connectivity index (χ2v) is 7.47. The van der Waals surface area contributed by atoms with Crippen molar-refractivity contribution in [3.63, 3.8) is 0 Å². The summed E-state index contributed by atoms with van der Waals surface area (Å²) in [7, 11) is 0. The zero-order valence-corrected chi connectivity index (χ0v) is 13.9. The van der Waals surface area contributed by atoms with Crippen molar-refractivity contribution in [1.82, 2.24) is 4.90 Å². The average molecular weight is 284 g/mol. The van der Waals surface area contributed by atoms with Crippen molar-refractivity contribution < 1.29 is 0 Å². The fourth-order valence-electron chi connectivity index (χ4n) is 3.58. The summed E-state index contributed by atoms with van der Waals surface area (Å²) in [5, 5.41) is 0. The van der Waals surface area contributed by atoms with Gasteiger partial charge in [-0.05, 0) is 43.8 Å². The minimum Gasteiger partial charge on any atom is -0.316 e. The van der Waals surface area contributed by atoms with Crippen LogP contribution in [0.1, 0.15) is 52.1 Å². The summed E-state index contributed by atoms with van der Waals surface area (Å²) in [6.45, 7) is 19.4. The Labute approximate surface area is 130 Å². The molecule has 1 atom stereocenters. The minimum atomic E-state index is 0.182. The predicted octanol–water partition coefficient (Wildman–Crippen LogP) is 4.80. The van der Waals surface area contributed by atoms with E-state index in [4.69, 9.17) is 6.57 Å². The Morgan fingerprint density at radius 3 is 2.24 bits per heavy atom. The van der Waals surface area contributed by atoms with E-state index in [-0.39, 0.29) is 10.8 Å². The Balaban J connectivity index is 2.07. The van der Waals surface area contributed by atoms with Crippen LogP contribution in [0.5, 0.6) is 0 Å². The molecule has 0 aliphatic carbocycles. The van der Waals surface area contributed by atoms with Gasteiger partial charge in [0.15, 0.2) is 0 Å². The molecule has 2 nitrogen and oxygen atoms in total. The lowest BCUT2D eigenvalue weighted by molar-refractivity contribution is 0.00714. The molecular weight excluding hydrogens is 256 g/mol. The van der Waals surface area contributed by atoms with Gasteiger partial charge in [-0.15, -0.1) is 0 Å². The molecule has 0 aromatic heterocycles. The van der Waals surface area contributed by atoms with Crippen LogP contribution in [0.4, 0.5) is 0 Å². The number of benzene rings is 1. The number of hydrogen-bond acceptors (Lipinski definition) is 1. The van der Waals surface area contributed by atoms with E-state index in [1.54, 1.807) is 0 Å². The van der Waals surface area contributed by atoms with Crippen molar-refractivity contribution in [2.24, 2.45) is 10.8 Å². The van der Waals surface area contributed by atoms with Crippen molar-refractivity contribution in [2.45, 2.75) is 46.6 Å². The topological polar surface area (TPSA) is 7.60 Å². The molecule has 0 bridgehead atoms. The molecule has 2 heteroatoms. The number of nitrogens with zero attached hydrogens (tertiary/aromatic N) is 2. The van der Waals surface area contributed by atoms with Gasteiger partial charge in [-0.3, -0.25) is 4.90 Å². The molecule has 1 fully saturated rings. The van der Waals surface area contributed by atoms with Crippen molar-refractivity contribution in [3.05, 3.63) is 47.3 Å². The third-order valence-electron chi connectivity index (χ3n) is 5.56. The molecule has 1 aromatic carbocycles. The van der Waals surface area contributed by atoms with E-state index in [0.717, 1.165) is 25.9 Å². The molecule has 1 aliphatic rings. The number of likely N-dealkylation sites (tertiary alicyclic amines) is 1. The van der Waals surface area contributed by atoms with E-state index in [2.05, 4.69) is 67.8 Å². The number of hydrogen-bond donors (Lipinski definition) is 0. The lowest BCUT2D eigenvalue weighted by atomic mass is 9.61. The van der Waals surface area contributed by atoms with Crippen LogP contribution in [0.25, 0.3) is 4.85 Å². The van der Waals surface area contributed by atoms with E-state index in [1.165, 1.54) is 5.56 Å². The lowest BCUT2D eigenvalue weighted by Crippen LogP contribution is -2.48. The first-order valence-corrected chi connectivity index (χ1v) is 8.02. The van der Waals surface area contributed by atoms with Crippen molar-refractivity contribution in [3.8, 4) is 0 Å². The monoisotopic (exact) mass is 284 g/mol. The largest absolute Gasteiger partial charge is 0.316 e. The third kappa shape index (κ3) is 3.30. The Bertz CT molecular complexity index is 485. The molecule has 1 unspecified atom stereocenters. The summed E-state index contributed by atoms with van der Waals surface area (Å²) in [5.41, 5.74) is 1.78. The molecular formula is C19H28N2. The summed E-state index contributed by atoms with van der Waals surface area (Å²) in [6, 6.07) is 11.2. The third-order valence-corrected chi connectivity index (χ3v) is 5.56. The van der Waals surface area contributed by atoms with Crippen LogP contribution in [-0.2, 0) is 0 Å².